The monoisotopic (exact) mass is 281 g/mol. The van der Waals surface area contributed by atoms with Crippen LogP contribution >= 0.6 is 11.6 Å². The minimum atomic E-state index is -0.320. The second-order valence-electron chi connectivity index (χ2n) is 4.39. The van der Waals surface area contributed by atoms with Crippen molar-refractivity contribution in [2.24, 2.45) is 0 Å². The van der Waals surface area contributed by atoms with Gasteiger partial charge in [0.25, 0.3) is 0 Å². The Morgan fingerprint density at radius 3 is 2.58 bits per heavy atom. The molecular weight excluding hydrogens is 268 g/mol. The lowest BCUT2D eigenvalue weighted by Crippen LogP contribution is -2.18. The number of rotatable bonds is 4. The summed E-state index contributed by atoms with van der Waals surface area (Å²) in [5, 5.41) is 3.71. The maximum absolute atomic E-state index is 13.1. The number of benzene rings is 2. The lowest BCUT2D eigenvalue weighted by molar-refractivity contribution is 0.561. The fraction of sp³-hybridized carbons (Fsp3) is 0.200. The second-order valence-corrected chi connectivity index (χ2v) is 4.80. The summed E-state index contributed by atoms with van der Waals surface area (Å²) in [7, 11) is 0. The van der Waals surface area contributed by atoms with E-state index in [-0.39, 0.29) is 17.7 Å². The molecule has 0 aliphatic heterocycles. The van der Waals surface area contributed by atoms with E-state index in [1.807, 2.05) is 13.0 Å². The van der Waals surface area contributed by atoms with Crippen molar-refractivity contribution in [3.05, 3.63) is 70.2 Å². The highest BCUT2D eigenvalue weighted by Crippen LogP contribution is 2.19. The highest BCUT2D eigenvalue weighted by Gasteiger charge is 2.08. The first kappa shape index (κ1) is 14.0. The Bertz CT molecular complexity index is 572. The molecule has 0 heterocycles. The molecule has 1 nitrogen and oxygen atoms in total. The Kier molecular flexibility index (Phi) is 4.51. The zero-order valence-electron chi connectivity index (χ0n) is 10.5. The summed E-state index contributed by atoms with van der Waals surface area (Å²) < 4.78 is 26.2. The molecular formula is C15H14ClF2N. The van der Waals surface area contributed by atoms with Crippen LogP contribution in [0.4, 0.5) is 8.78 Å². The summed E-state index contributed by atoms with van der Waals surface area (Å²) >= 11 is 5.98. The molecule has 2 aromatic rings. The van der Waals surface area contributed by atoms with Gasteiger partial charge >= 0.3 is 0 Å². The van der Waals surface area contributed by atoms with Crippen LogP contribution in [0.25, 0.3) is 0 Å². The molecule has 0 unspecified atom stereocenters. The molecule has 19 heavy (non-hydrogen) atoms. The van der Waals surface area contributed by atoms with E-state index in [0.717, 1.165) is 5.56 Å². The molecule has 1 atom stereocenters. The summed E-state index contributed by atoms with van der Waals surface area (Å²) in [5.41, 5.74) is 1.53. The Labute approximate surface area is 116 Å². The van der Waals surface area contributed by atoms with E-state index >= 15 is 0 Å². The third kappa shape index (κ3) is 3.75. The lowest BCUT2D eigenvalue weighted by atomic mass is 10.1. The quantitative estimate of drug-likeness (QED) is 0.872. The average molecular weight is 282 g/mol. The molecule has 0 saturated heterocycles. The molecule has 2 aromatic carbocycles. The van der Waals surface area contributed by atoms with Crippen LogP contribution in [0.1, 0.15) is 24.1 Å². The summed E-state index contributed by atoms with van der Waals surface area (Å²) in [6.07, 6.45) is 0. The summed E-state index contributed by atoms with van der Waals surface area (Å²) in [6.45, 7) is 2.34. The van der Waals surface area contributed by atoms with Crippen LogP contribution in [0.15, 0.2) is 42.5 Å². The summed E-state index contributed by atoms with van der Waals surface area (Å²) in [4.78, 5) is 0. The van der Waals surface area contributed by atoms with Gasteiger partial charge in [0, 0.05) is 17.6 Å². The van der Waals surface area contributed by atoms with Crippen LogP contribution < -0.4 is 5.32 Å². The smallest absolute Gasteiger partial charge is 0.123 e. The van der Waals surface area contributed by atoms with E-state index in [9.17, 15) is 8.78 Å². The second kappa shape index (κ2) is 6.13. The third-order valence-corrected chi connectivity index (χ3v) is 3.32. The molecule has 0 aromatic heterocycles. The van der Waals surface area contributed by atoms with Crippen molar-refractivity contribution < 1.29 is 8.78 Å². The molecule has 0 radical (unpaired) electrons. The molecule has 0 aliphatic carbocycles. The third-order valence-electron chi connectivity index (χ3n) is 2.96. The van der Waals surface area contributed by atoms with Gasteiger partial charge in [-0.05, 0) is 48.4 Å². The maximum Gasteiger partial charge on any atom is 0.123 e. The molecule has 0 saturated carbocycles. The van der Waals surface area contributed by atoms with Gasteiger partial charge in [-0.2, -0.15) is 0 Å². The molecule has 0 aliphatic rings. The van der Waals surface area contributed by atoms with Gasteiger partial charge in [0.1, 0.15) is 11.6 Å². The highest BCUT2D eigenvalue weighted by atomic mass is 35.5. The minimum absolute atomic E-state index is 0.0463. The molecule has 0 bridgehead atoms. The maximum atomic E-state index is 13.1. The first-order valence-corrected chi connectivity index (χ1v) is 6.37. The highest BCUT2D eigenvalue weighted by molar-refractivity contribution is 6.31. The molecule has 2 rings (SSSR count). The van der Waals surface area contributed by atoms with Crippen LogP contribution in [0, 0.1) is 11.6 Å². The van der Waals surface area contributed by atoms with Crippen molar-refractivity contribution in [1.29, 1.82) is 0 Å². The molecule has 0 spiro atoms. The van der Waals surface area contributed by atoms with Gasteiger partial charge in [0.05, 0.1) is 0 Å². The Hall–Kier alpha value is -1.45. The van der Waals surface area contributed by atoms with Gasteiger partial charge in [0.15, 0.2) is 0 Å². The largest absolute Gasteiger partial charge is 0.306 e. The van der Waals surface area contributed by atoms with Crippen molar-refractivity contribution in [1.82, 2.24) is 5.32 Å². The van der Waals surface area contributed by atoms with E-state index in [2.05, 4.69) is 5.32 Å². The molecule has 0 amide bonds. The van der Waals surface area contributed by atoms with Crippen molar-refractivity contribution in [3.63, 3.8) is 0 Å². The normalized spacial score (nSPS) is 12.4. The zero-order chi connectivity index (χ0) is 13.8. The van der Waals surface area contributed by atoms with E-state index in [4.69, 9.17) is 11.6 Å². The predicted molar refractivity (Wildman–Crippen MR) is 73.1 cm³/mol. The number of hydrogen-bond donors (Lipinski definition) is 1. The van der Waals surface area contributed by atoms with Crippen LogP contribution in [0.3, 0.4) is 0 Å². The fourth-order valence-corrected chi connectivity index (χ4v) is 2.02. The molecule has 1 N–H and O–H groups in total. The minimum Gasteiger partial charge on any atom is -0.306 e. The fourth-order valence-electron chi connectivity index (χ4n) is 1.84. The van der Waals surface area contributed by atoms with Crippen LogP contribution in [0.5, 0.6) is 0 Å². The van der Waals surface area contributed by atoms with Gasteiger partial charge in [-0.15, -0.1) is 0 Å². The Morgan fingerprint density at radius 2 is 1.84 bits per heavy atom. The van der Waals surface area contributed by atoms with Gasteiger partial charge in [0.2, 0.25) is 0 Å². The Morgan fingerprint density at radius 1 is 1.11 bits per heavy atom. The van der Waals surface area contributed by atoms with Gasteiger partial charge in [-0.3, -0.25) is 0 Å². The van der Waals surface area contributed by atoms with E-state index < -0.39 is 0 Å². The first-order valence-electron chi connectivity index (χ1n) is 5.99. The van der Waals surface area contributed by atoms with Crippen molar-refractivity contribution in [2.75, 3.05) is 0 Å². The van der Waals surface area contributed by atoms with Crippen molar-refractivity contribution >= 4 is 11.6 Å². The van der Waals surface area contributed by atoms with Crippen LogP contribution in [-0.2, 0) is 6.54 Å². The number of hydrogen-bond acceptors (Lipinski definition) is 1. The van der Waals surface area contributed by atoms with Crippen LogP contribution in [0.2, 0.25) is 5.02 Å². The van der Waals surface area contributed by atoms with Crippen molar-refractivity contribution in [2.45, 2.75) is 19.5 Å². The van der Waals surface area contributed by atoms with E-state index in [1.165, 1.54) is 30.3 Å². The lowest BCUT2D eigenvalue weighted by Gasteiger charge is -2.15. The van der Waals surface area contributed by atoms with Gasteiger partial charge < -0.3 is 5.32 Å². The average Bonchev–Trinajstić information content (AvgIpc) is 2.39. The van der Waals surface area contributed by atoms with E-state index in [1.54, 1.807) is 6.07 Å². The standard InChI is InChI=1S/C15H14ClF2N/c1-10(11-3-2-4-13(17)7-11)19-9-12-8-14(18)5-6-15(12)16/h2-8,10,19H,9H2,1H3/t10-/m0/s1. The molecule has 0 fully saturated rings. The zero-order valence-corrected chi connectivity index (χ0v) is 11.2. The Balaban J connectivity index is 2.04. The SMILES string of the molecule is C[C@H](NCc1cc(F)ccc1Cl)c1cccc(F)c1. The van der Waals surface area contributed by atoms with Crippen molar-refractivity contribution in [3.8, 4) is 0 Å². The number of halogens is 3. The first-order chi connectivity index (χ1) is 9.06. The van der Waals surface area contributed by atoms with E-state index in [0.29, 0.717) is 17.1 Å². The van der Waals surface area contributed by atoms with Crippen LogP contribution in [-0.4, -0.2) is 0 Å². The summed E-state index contributed by atoms with van der Waals surface area (Å²) in [5.74, 6) is -0.588. The number of nitrogens with one attached hydrogen (secondary N) is 1. The van der Waals surface area contributed by atoms with Gasteiger partial charge in [-0.25, -0.2) is 8.78 Å². The molecule has 100 valence electrons. The summed E-state index contributed by atoms with van der Waals surface area (Å²) in [6, 6.07) is 10.6. The molecule has 4 heteroatoms. The van der Waals surface area contributed by atoms with Gasteiger partial charge in [-0.1, -0.05) is 23.7 Å². The predicted octanol–water partition coefficient (Wildman–Crippen LogP) is 4.47. The topological polar surface area (TPSA) is 12.0 Å².